The van der Waals surface area contributed by atoms with Crippen molar-refractivity contribution in [3.05, 3.63) is 63.9 Å². The van der Waals surface area contributed by atoms with Gasteiger partial charge in [-0.05, 0) is 48.4 Å². The average Bonchev–Trinajstić information content (AvgIpc) is 2.40. The number of ether oxygens (including phenoxy) is 1. The molecule has 0 atom stereocenters. The van der Waals surface area contributed by atoms with Gasteiger partial charge in [-0.25, -0.2) is 4.39 Å². The SMILES string of the molecule is Cc1ccc(F)cc1COc1ccc(Cl)cc1CCl. The van der Waals surface area contributed by atoms with E-state index >= 15 is 0 Å². The lowest BCUT2D eigenvalue weighted by molar-refractivity contribution is 0.302. The number of alkyl halides is 1. The van der Waals surface area contributed by atoms with Crippen LogP contribution >= 0.6 is 23.2 Å². The van der Waals surface area contributed by atoms with Crippen LogP contribution in [0.5, 0.6) is 5.75 Å². The Morgan fingerprint density at radius 1 is 1.11 bits per heavy atom. The minimum Gasteiger partial charge on any atom is -0.489 e. The van der Waals surface area contributed by atoms with Crippen LogP contribution in [-0.2, 0) is 12.5 Å². The molecule has 0 heterocycles. The molecule has 0 saturated carbocycles. The summed E-state index contributed by atoms with van der Waals surface area (Å²) in [5.74, 6) is 0.721. The summed E-state index contributed by atoms with van der Waals surface area (Å²) in [7, 11) is 0. The molecule has 4 heteroatoms. The summed E-state index contributed by atoms with van der Waals surface area (Å²) in [6, 6.07) is 9.93. The van der Waals surface area contributed by atoms with E-state index in [1.165, 1.54) is 12.1 Å². The van der Waals surface area contributed by atoms with Crippen LogP contribution in [0, 0.1) is 12.7 Å². The second-order valence-electron chi connectivity index (χ2n) is 4.25. The van der Waals surface area contributed by atoms with Crippen molar-refractivity contribution in [2.45, 2.75) is 19.4 Å². The van der Waals surface area contributed by atoms with E-state index in [1.807, 2.05) is 6.92 Å². The van der Waals surface area contributed by atoms with Gasteiger partial charge in [0.25, 0.3) is 0 Å². The maximum absolute atomic E-state index is 13.2. The van der Waals surface area contributed by atoms with E-state index in [4.69, 9.17) is 27.9 Å². The maximum Gasteiger partial charge on any atom is 0.124 e. The molecule has 2 rings (SSSR count). The Bertz CT molecular complexity index is 584. The number of benzene rings is 2. The zero-order valence-electron chi connectivity index (χ0n) is 10.4. The molecule has 0 N–H and O–H groups in total. The van der Waals surface area contributed by atoms with Crippen molar-refractivity contribution in [3.8, 4) is 5.75 Å². The predicted molar refractivity (Wildman–Crippen MR) is 76.5 cm³/mol. The molecule has 1 nitrogen and oxygen atoms in total. The van der Waals surface area contributed by atoms with Crippen LogP contribution in [0.3, 0.4) is 0 Å². The van der Waals surface area contributed by atoms with Crippen LogP contribution in [0.15, 0.2) is 36.4 Å². The Hall–Kier alpha value is -1.25. The average molecular weight is 299 g/mol. The summed E-state index contributed by atoms with van der Waals surface area (Å²) >= 11 is 11.7. The minimum atomic E-state index is -0.266. The standard InChI is InChI=1S/C15H13Cl2FO/c1-10-2-4-14(18)7-12(10)9-19-15-5-3-13(17)6-11(15)8-16/h2-7H,8-9H2,1H3. The monoisotopic (exact) mass is 298 g/mol. The third-order valence-electron chi connectivity index (χ3n) is 2.86. The van der Waals surface area contributed by atoms with Gasteiger partial charge in [-0.15, -0.1) is 11.6 Å². The van der Waals surface area contributed by atoms with Gasteiger partial charge in [0, 0.05) is 10.6 Å². The van der Waals surface area contributed by atoms with Crippen LogP contribution in [0.4, 0.5) is 4.39 Å². The van der Waals surface area contributed by atoms with Crippen molar-refractivity contribution in [1.29, 1.82) is 0 Å². The van der Waals surface area contributed by atoms with Gasteiger partial charge in [0.05, 0.1) is 5.88 Å². The molecule has 0 aromatic heterocycles. The minimum absolute atomic E-state index is 0.266. The second-order valence-corrected chi connectivity index (χ2v) is 4.95. The predicted octanol–water partition coefficient (Wildman–Crippen LogP) is 5.11. The van der Waals surface area contributed by atoms with Gasteiger partial charge in [0.1, 0.15) is 18.2 Å². The Kier molecular flexibility index (Phi) is 4.67. The first-order valence-corrected chi connectivity index (χ1v) is 6.73. The van der Waals surface area contributed by atoms with Crippen LogP contribution in [0.1, 0.15) is 16.7 Å². The number of hydrogen-bond acceptors (Lipinski definition) is 1. The second kappa shape index (κ2) is 6.27. The summed E-state index contributed by atoms with van der Waals surface area (Å²) in [5, 5.41) is 0.616. The molecule has 19 heavy (non-hydrogen) atoms. The number of hydrogen-bond donors (Lipinski definition) is 0. The zero-order valence-corrected chi connectivity index (χ0v) is 11.9. The maximum atomic E-state index is 13.2. The zero-order chi connectivity index (χ0) is 13.8. The van der Waals surface area contributed by atoms with E-state index in [-0.39, 0.29) is 5.82 Å². The van der Waals surface area contributed by atoms with Gasteiger partial charge in [-0.3, -0.25) is 0 Å². The number of rotatable bonds is 4. The number of halogens is 3. The van der Waals surface area contributed by atoms with Crippen LogP contribution in [0.2, 0.25) is 5.02 Å². The highest BCUT2D eigenvalue weighted by molar-refractivity contribution is 6.30. The summed E-state index contributed by atoms with van der Waals surface area (Å²) in [6.45, 7) is 2.22. The summed E-state index contributed by atoms with van der Waals surface area (Å²) in [5.41, 5.74) is 2.63. The van der Waals surface area contributed by atoms with E-state index in [2.05, 4.69) is 0 Å². The Labute approximate surface area is 121 Å². The third-order valence-corrected chi connectivity index (χ3v) is 3.38. The molecule has 0 aliphatic heterocycles. The molecular weight excluding hydrogens is 286 g/mol. The number of aryl methyl sites for hydroxylation is 1. The third kappa shape index (κ3) is 3.62. The fourth-order valence-corrected chi connectivity index (χ4v) is 2.15. The van der Waals surface area contributed by atoms with E-state index in [0.29, 0.717) is 23.3 Å². The van der Waals surface area contributed by atoms with Gasteiger partial charge in [-0.2, -0.15) is 0 Å². The fraction of sp³-hybridized carbons (Fsp3) is 0.200. The van der Waals surface area contributed by atoms with Crippen molar-refractivity contribution in [2.24, 2.45) is 0 Å². The first-order valence-electron chi connectivity index (χ1n) is 5.82. The molecule has 0 aliphatic rings. The van der Waals surface area contributed by atoms with E-state index in [1.54, 1.807) is 24.3 Å². The van der Waals surface area contributed by atoms with Crippen LogP contribution < -0.4 is 4.74 Å². The molecule has 100 valence electrons. The van der Waals surface area contributed by atoms with Crippen molar-refractivity contribution in [3.63, 3.8) is 0 Å². The Balaban J connectivity index is 2.16. The molecule has 0 amide bonds. The molecule has 0 radical (unpaired) electrons. The molecule has 2 aromatic carbocycles. The van der Waals surface area contributed by atoms with Crippen molar-refractivity contribution >= 4 is 23.2 Å². The van der Waals surface area contributed by atoms with Crippen molar-refractivity contribution in [1.82, 2.24) is 0 Å². The van der Waals surface area contributed by atoms with Gasteiger partial charge >= 0.3 is 0 Å². The first-order chi connectivity index (χ1) is 9.10. The normalized spacial score (nSPS) is 10.5. The summed E-state index contributed by atoms with van der Waals surface area (Å²) in [6.07, 6.45) is 0. The van der Waals surface area contributed by atoms with Crippen molar-refractivity contribution < 1.29 is 9.13 Å². The lowest BCUT2D eigenvalue weighted by Gasteiger charge is -2.12. The lowest BCUT2D eigenvalue weighted by Crippen LogP contribution is -2.00. The molecule has 0 unspecified atom stereocenters. The van der Waals surface area contributed by atoms with Gasteiger partial charge in [0.2, 0.25) is 0 Å². The molecule has 0 fully saturated rings. The first kappa shape index (κ1) is 14.2. The van der Waals surface area contributed by atoms with E-state index in [9.17, 15) is 4.39 Å². The van der Waals surface area contributed by atoms with Gasteiger partial charge in [-0.1, -0.05) is 17.7 Å². The molecule has 0 aliphatic carbocycles. The lowest BCUT2D eigenvalue weighted by atomic mass is 10.1. The smallest absolute Gasteiger partial charge is 0.124 e. The van der Waals surface area contributed by atoms with Crippen LogP contribution in [-0.4, -0.2) is 0 Å². The molecule has 2 aromatic rings. The summed E-state index contributed by atoms with van der Waals surface area (Å²) < 4.78 is 18.9. The van der Waals surface area contributed by atoms with E-state index < -0.39 is 0 Å². The quantitative estimate of drug-likeness (QED) is 0.713. The van der Waals surface area contributed by atoms with Gasteiger partial charge < -0.3 is 4.74 Å². The summed E-state index contributed by atoms with van der Waals surface area (Å²) in [4.78, 5) is 0. The van der Waals surface area contributed by atoms with Crippen LogP contribution in [0.25, 0.3) is 0 Å². The highest BCUT2D eigenvalue weighted by Gasteiger charge is 2.06. The molecule has 0 saturated heterocycles. The largest absolute Gasteiger partial charge is 0.489 e. The Morgan fingerprint density at radius 3 is 2.63 bits per heavy atom. The topological polar surface area (TPSA) is 9.23 Å². The van der Waals surface area contributed by atoms with Crippen molar-refractivity contribution in [2.75, 3.05) is 0 Å². The molecule has 0 spiro atoms. The van der Waals surface area contributed by atoms with E-state index in [0.717, 1.165) is 16.7 Å². The highest BCUT2D eigenvalue weighted by Crippen LogP contribution is 2.25. The fourth-order valence-electron chi connectivity index (χ4n) is 1.74. The van der Waals surface area contributed by atoms with Gasteiger partial charge in [0.15, 0.2) is 0 Å². The molecular formula is C15H13Cl2FO. The Morgan fingerprint density at radius 2 is 1.89 bits per heavy atom. The molecule has 0 bridgehead atoms. The highest BCUT2D eigenvalue weighted by atomic mass is 35.5.